The quantitative estimate of drug-likeness (QED) is 0.362. The normalized spacial score (nSPS) is 10.8. The highest BCUT2D eigenvalue weighted by molar-refractivity contribution is 7.18. The summed E-state index contributed by atoms with van der Waals surface area (Å²) >= 11 is 1.07. The van der Waals surface area contributed by atoms with E-state index in [1.54, 1.807) is 6.07 Å². The van der Waals surface area contributed by atoms with Crippen LogP contribution in [0.25, 0.3) is 0 Å². The van der Waals surface area contributed by atoms with Gasteiger partial charge in [-0.2, -0.15) is 0 Å². The van der Waals surface area contributed by atoms with Crippen LogP contribution < -0.4 is 11.1 Å². The Hall–Kier alpha value is -3.26. The highest BCUT2D eigenvalue weighted by atomic mass is 32.1. The van der Waals surface area contributed by atoms with E-state index in [2.05, 4.69) is 24.1 Å². The molecule has 0 atom stereocenters. The van der Waals surface area contributed by atoms with Crippen molar-refractivity contribution in [2.75, 3.05) is 11.1 Å². The van der Waals surface area contributed by atoms with E-state index < -0.39 is 10.7 Å². The minimum Gasteiger partial charge on any atom is -0.382 e. The lowest BCUT2D eigenvalue weighted by Gasteiger charge is -2.07. The van der Waals surface area contributed by atoms with Crippen molar-refractivity contribution in [2.24, 2.45) is 0 Å². The molecule has 8 heteroatoms. The van der Waals surface area contributed by atoms with E-state index in [1.165, 1.54) is 23.8 Å². The van der Waals surface area contributed by atoms with Gasteiger partial charge in [0.25, 0.3) is 5.69 Å². The highest BCUT2D eigenvalue weighted by Gasteiger charge is 2.25. The van der Waals surface area contributed by atoms with Crippen molar-refractivity contribution < 1.29 is 9.72 Å². The molecule has 27 heavy (non-hydrogen) atoms. The zero-order valence-electron chi connectivity index (χ0n) is 14.8. The highest BCUT2D eigenvalue weighted by Crippen LogP contribution is 2.32. The molecule has 0 aliphatic rings. The summed E-state index contributed by atoms with van der Waals surface area (Å²) in [6.45, 7) is 4.23. The van der Waals surface area contributed by atoms with Crippen molar-refractivity contribution in [3.63, 3.8) is 0 Å². The molecule has 3 N–H and O–H groups in total. The first-order valence-corrected chi connectivity index (χ1v) is 9.10. The Balaban J connectivity index is 1.86. The van der Waals surface area contributed by atoms with Gasteiger partial charge < -0.3 is 11.1 Å². The van der Waals surface area contributed by atoms with Crippen molar-refractivity contribution in [2.45, 2.75) is 19.8 Å². The summed E-state index contributed by atoms with van der Waals surface area (Å²) in [5.74, 6) is -0.0367. The van der Waals surface area contributed by atoms with Crippen molar-refractivity contribution in [3.8, 4) is 0 Å². The Kier molecular flexibility index (Phi) is 5.18. The predicted molar refractivity (Wildman–Crippen MR) is 107 cm³/mol. The van der Waals surface area contributed by atoms with E-state index in [1.807, 2.05) is 24.3 Å². The summed E-state index contributed by atoms with van der Waals surface area (Å²) < 4.78 is 0. The van der Waals surface area contributed by atoms with Crippen LogP contribution in [0.3, 0.4) is 0 Å². The molecule has 0 saturated carbocycles. The molecule has 0 bridgehead atoms. The average molecular weight is 382 g/mol. The molecule has 7 nitrogen and oxygen atoms in total. The van der Waals surface area contributed by atoms with Gasteiger partial charge in [-0.05, 0) is 29.7 Å². The molecule has 0 saturated heterocycles. The van der Waals surface area contributed by atoms with Crippen molar-refractivity contribution in [3.05, 3.63) is 74.6 Å². The third kappa shape index (κ3) is 3.95. The first-order valence-electron chi connectivity index (χ1n) is 8.28. The molecule has 1 aromatic heterocycles. The number of aromatic nitrogens is 1. The number of rotatable bonds is 6. The molecular formula is C19H18N4O3S. The van der Waals surface area contributed by atoms with Crippen LogP contribution in [0.4, 0.5) is 22.3 Å². The van der Waals surface area contributed by atoms with Gasteiger partial charge in [-0.25, -0.2) is 4.98 Å². The maximum Gasteiger partial charge on any atom is 0.280 e. The molecule has 1 heterocycles. The van der Waals surface area contributed by atoms with Crippen LogP contribution in [0.15, 0.2) is 48.5 Å². The number of nitrogens with one attached hydrogen (secondary N) is 1. The Morgan fingerprint density at radius 2 is 1.85 bits per heavy atom. The number of nitro groups is 1. The summed E-state index contributed by atoms with van der Waals surface area (Å²) in [6, 6.07) is 13.7. The maximum absolute atomic E-state index is 12.7. The van der Waals surface area contributed by atoms with E-state index in [9.17, 15) is 14.9 Å². The largest absolute Gasteiger partial charge is 0.382 e. The number of anilines is 3. The molecule has 0 spiro atoms. The van der Waals surface area contributed by atoms with Crippen LogP contribution in [0.5, 0.6) is 0 Å². The predicted octanol–water partition coefficient (Wildman–Crippen LogP) is 4.73. The molecule has 3 aromatic rings. The second-order valence-electron chi connectivity index (χ2n) is 6.24. The van der Waals surface area contributed by atoms with E-state index in [4.69, 9.17) is 5.73 Å². The Morgan fingerprint density at radius 3 is 2.48 bits per heavy atom. The summed E-state index contributed by atoms with van der Waals surface area (Å²) in [7, 11) is 0. The van der Waals surface area contributed by atoms with Crippen LogP contribution in [0.2, 0.25) is 0 Å². The summed E-state index contributed by atoms with van der Waals surface area (Å²) in [5.41, 5.74) is 7.66. The second-order valence-corrected chi connectivity index (χ2v) is 7.24. The van der Waals surface area contributed by atoms with Gasteiger partial charge in [0, 0.05) is 11.8 Å². The Labute approximate surface area is 160 Å². The number of ketones is 1. The molecular weight excluding hydrogens is 364 g/mol. The molecule has 0 fully saturated rings. The summed E-state index contributed by atoms with van der Waals surface area (Å²) in [6.07, 6.45) is 0. The number of thiazole rings is 1. The van der Waals surface area contributed by atoms with Gasteiger partial charge in [-0.3, -0.25) is 14.9 Å². The molecule has 2 aromatic carbocycles. The SMILES string of the molecule is CC(C)c1ccc(Nc2nc(N)c(C(=O)c3ccccc3[N+](=O)[O-])s2)cc1. The van der Waals surface area contributed by atoms with Crippen LogP contribution in [-0.2, 0) is 0 Å². The van der Waals surface area contributed by atoms with Gasteiger partial charge >= 0.3 is 0 Å². The van der Waals surface area contributed by atoms with Crippen molar-refractivity contribution in [1.29, 1.82) is 0 Å². The monoisotopic (exact) mass is 382 g/mol. The van der Waals surface area contributed by atoms with Crippen LogP contribution in [0, 0.1) is 10.1 Å². The first-order chi connectivity index (χ1) is 12.9. The topological polar surface area (TPSA) is 111 Å². The van der Waals surface area contributed by atoms with Gasteiger partial charge in [0.05, 0.1) is 4.92 Å². The lowest BCUT2D eigenvalue weighted by molar-refractivity contribution is -0.385. The number of hydrogen-bond acceptors (Lipinski definition) is 7. The number of nitro benzene ring substituents is 1. The van der Waals surface area contributed by atoms with E-state index >= 15 is 0 Å². The fourth-order valence-corrected chi connectivity index (χ4v) is 3.43. The number of hydrogen-bond donors (Lipinski definition) is 2. The van der Waals surface area contributed by atoms with E-state index in [0.29, 0.717) is 11.0 Å². The smallest absolute Gasteiger partial charge is 0.280 e. The molecule has 3 rings (SSSR count). The van der Waals surface area contributed by atoms with Crippen LogP contribution >= 0.6 is 11.3 Å². The molecule has 0 aliphatic carbocycles. The van der Waals surface area contributed by atoms with Gasteiger partial charge in [-0.15, -0.1) is 0 Å². The number of nitrogens with zero attached hydrogens (tertiary/aromatic N) is 2. The molecule has 0 aliphatic heterocycles. The zero-order chi connectivity index (χ0) is 19.6. The number of carbonyl (C=O) groups excluding carboxylic acids is 1. The van der Waals surface area contributed by atoms with E-state index in [-0.39, 0.29) is 21.9 Å². The first kappa shape index (κ1) is 18.5. The third-order valence-electron chi connectivity index (χ3n) is 4.03. The molecule has 0 radical (unpaired) electrons. The third-order valence-corrected chi connectivity index (χ3v) is 5.02. The number of carbonyl (C=O) groups is 1. The van der Waals surface area contributed by atoms with Crippen LogP contribution in [0.1, 0.15) is 40.6 Å². The minimum absolute atomic E-state index is 0.00862. The minimum atomic E-state index is -0.583. The number of nitrogen functional groups attached to an aromatic ring is 1. The zero-order valence-corrected chi connectivity index (χ0v) is 15.6. The van der Waals surface area contributed by atoms with Crippen molar-refractivity contribution >= 4 is 39.4 Å². The standard InChI is InChI=1S/C19H18N4O3S/c1-11(2)12-7-9-13(10-8-12)21-19-22-18(20)17(27-19)16(24)14-5-3-4-6-15(14)23(25)26/h3-11H,20H2,1-2H3,(H,21,22). The second kappa shape index (κ2) is 7.55. The Bertz CT molecular complexity index is 996. The number of benzene rings is 2. The van der Waals surface area contributed by atoms with Gasteiger partial charge in [0.15, 0.2) is 5.13 Å². The van der Waals surface area contributed by atoms with Gasteiger partial charge in [0.1, 0.15) is 16.3 Å². The van der Waals surface area contributed by atoms with Crippen molar-refractivity contribution in [1.82, 2.24) is 4.98 Å². The summed E-state index contributed by atoms with van der Waals surface area (Å²) in [4.78, 5) is 27.7. The summed E-state index contributed by atoms with van der Waals surface area (Å²) in [5, 5.41) is 14.7. The average Bonchev–Trinajstić information content (AvgIpc) is 3.01. The maximum atomic E-state index is 12.7. The number of para-hydroxylation sites is 1. The van der Waals surface area contributed by atoms with Gasteiger partial charge in [0.2, 0.25) is 5.78 Å². The molecule has 0 amide bonds. The fraction of sp³-hybridized carbons (Fsp3) is 0.158. The van der Waals surface area contributed by atoms with Gasteiger partial charge in [-0.1, -0.05) is 49.4 Å². The lowest BCUT2D eigenvalue weighted by atomic mass is 10.0. The van der Waals surface area contributed by atoms with Crippen LogP contribution in [-0.4, -0.2) is 15.7 Å². The number of nitrogens with two attached hydrogens (primary N) is 1. The Morgan fingerprint density at radius 1 is 1.19 bits per heavy atom. The fourth-order valence-electron chi connectivity index (χ4n) is 2.57. The van der Waals surface area contributed by atoms with E-state index in [0.717, 1.165) is 17.0 Å². The molecule has 138 valence electrons. The molecule has 0 unspecified atom stereocenters. The lowest BCUT2D eigenvalue weighted by Crippen LogP contribution is -2.06.